The molecule has 13 heteroatoms. The van der Waals surface area contributed by atoms with Gasteiger partial charge in [-0.05, 0) is 44.9 Å². The number of nitrogen functional groups attached to an aromatic ring is 1. The second-order valence-corrected chi connectivity index (χ2v) is 11.2. The molecule has 206 valence electrons. The number of para-hydroxylation sites is 1. The number of anilines is 1. The Morgan fingerprint density at radius 1 is 1.33 bits per heavy atom. The molecule has 2 aromatic heterocycles. The Morgan fingerprint density at radius 3 is 2.72 bits per heavy atom. The zero-order valence-corrected chi connectivity index (χ0v) is 22.7. The van der Waals surface area contributed by atoms with Gasteiger partial charge in [0.15, 0.2) is 11.5 Å². The molecule has 1 saturated carbocycles. The molecule has 39 heavy (non-hydrogen) atoms. The third kappa shape index (κ3) is 5.67. The number of aliphatic hydroxyl groups excluding tert-OH is 1. The van der Waals surface area contributed by atoms with E-state index < -0.39 is 43.9 Å². The van der Waals surface area contributed by atoms with E-state index in [2.05, 4.69) is 32.5 Å². The number of nitrogens with one attached hydrogen (secondary N) is 1. The first-order chi connectivity index (χ1) is 18.5. The number of imidazole rings is 1. The van der Waals surface area contributed by atoms with E-state index in [-0.39, 0.29) is 24.1 Å². The van der Waals surface area contributed by atoms with Crippen LogP contribution in [0.2, 0.25) is 0 Å². The van der Waals surface area contributed by atoms with Crippen molar-refractivity contribution in [3.05, 3.63) is 55.1 Å². The summed E-state index contributed by atoms with van der Waals surface area (Å²) >= 11 is 0. The largest absolute Gasteiger partial charge is 0.462 e. The molecule has 3 aromatic rings. The predicted octanol–water partition coefficient (Wildman–Crippen LogP) is 3.02. The first kappa shape index (κ1) is 28.3. The molecule has 1 unspecified atom stereocenters. The molecule has 0 saturated heterocycles. The highest BCUT2D eigenvalue weighted by Gasteiger charge is 2.52. The number of nitrogens with zero attached hydrogens (tertiary/aromatic N) is 4. The van der Waals surface area contributed by atoms with E-state index in [1.807, 2.05) is 0 Å². The lowest BCUT2D eigenvalue weighted by Gasteiger charge is -2.31. The number of benzene rings is 1. The summed E-state index contributed by atoms with van der Waals surface area (Å²) in [4.78, 5) is 24.9. The average Bonchev–Trinajstić information content (AvgIpc) is 3.42. The van der Waals surface area contributed by atoms with Crippen molar-refractivity contribution in [2.75, 3.05) is 12.3 Å². The van der Waals surface area contributed by atoms with Crippen molar-refractivity contribution in [2.45, 2.75) is 51.5 Å². The summed E-state index contributed by atoms with van der Waals surface area (Å²) in [6.45, 7) is 8.62. The van der Waals surface area contributed by atoms with Crippen molar-refractivity contribution in [3.8, 4) is 18.1 Å². The molecule has 0 aliphatic heterocycles. The summed E-state index contributed by atoms with van der Waals surface area (Å²) in [7, 11) is -4.24. The zero-order chi connectivity index (χ0) is 28.4. The number of fused-ring (bicyclic) bond motifs is 1. The topological polar surface area (TPSA) is 164 Å². The van der Waals surface area contributed by atoms with Crippen molar-refractivity contribution in [1.82, 2.24) is 24.6 Å². The Morgan fingerprint density at radius 2 is 2.05 bits per heavy atom. The number of esters is 1. The maximum atomic E-state index is 13.9. The number of hydrogen-bond donors (Lipinski definition) is 3. The Labute approximate surface area is 226 Å². The smallest absolute Gasteiger partial charge is 0.459 e. The van der Waals surface area contributed by atoms with Gasteiger partial charge in [-0.3, -0.25) is 9.32 Å². The monoisotopic (exact) mass is 554 g/mol. The van der Waals surface area contributed by atoms with Crippen LogP contribution in [0, 0.1) is 17.8 Å². The SMILES string of the molecule is C#C[C@]1(COP(=O)(N[C@@H](C)C(=O)OC(C)C)Oc2ccccc2)C(=C)[C@@H](n2cnc3c(N)ncnc32)C[C@@H]1O. The Bertz CT molecular complexity index is 1450. The van der Waals surface area contributed by atoms with Crippen LogP contribution in [0.1, 0.15) is 33.2 Å². The Kier molecular flexibility index (Phi) is 8.09. The lowest BCUT2D eigenvalue weighted by molar-refractivity contribution is -0.149. The van der Waals surface area contributed by atoms with Crippen molar-refractivity contribution in [1.29, 1.82) is 0 Å². The van der Waals surface area contributed by atoms with Crippen LogP contribution < -0.4 is 15.3 Å². The van der Waals surface area contributed by atoms with Crippen LogP contribution in [0.3, 0.4) is 0 Å². The van der Waals surface area contributed by atoms with E-state index >= 15 is 0 Å². The minimum absolute atomic E-state index is 0.163. The molecule has 4 rings (SSSR count). The maximum absolute atomic E-state index is 13.9. The lowest BCUT2D eigenvalue weighted by Crippen LogP contribution is -2.39. The number of carbonyl (C=O) groups excluding carboxylic acids is 1. The summed E-state index contributed by atoms with van der Waals surface area (Å²) < 4.78 is 32.4. The number of carbonyl (C=O) groups is 1. The lowest BCUT2D eigenvalue weighted by atomic mass is 9.82. The molecule has 5 atom stereocenters. The zero-order valence-electron chi connectivity index (χ0n) is 21.9. The second-order valence-electron chi connectivity index (χ2n) is 9.50. The summed E-state index contributed by atoms with van der Waals surface area (Å²) in [6.07, 6.45) is 7.45. The quantitative estimate of drug-likeness (QED) is 0.146. The van der Waals surface area contributed by atoms with Crippen LogP contribution in [0.4, 0.5) is 5.82 Å². The molecule has 0 bridgehead atoms. The molecule has 1 aliphatic rings. The fraction of sp³-hybridized carbons (Fsp3) is 0.385. The Balaban J connectivity index is 1.60. The number of rotatable bonds is 10. The van der Waals surface area contributed by atoms with Crippen LogP contribution in [0.5, 0.6) is 5.75 Å². The van der Waals surface area contributed by atoms with Gasteiger partial charge in [0.2, 0.25) is 0 Å². The first-order valence-electron chi connectivity index (χ1n) is 12.3. The fourth-order valence-electron chi connectivity index (χ4n) is 4.39. The molecule has 4 N–H and O–H groups in total. The standard InChI is InChI=1S/C26H31N6O6P/c1-6-26(17(4)20(12-21(26)33)32-15-30-22-23(27)28-14-29-24(22)32)13-36-39(35,38-19-10-8-7-9-11-19)31-18(5)25(34)37-16(2)3/h1,7-11,14-16,18,20-21,33H,4,12-13H2,2-3,5H3,(H,31,35)(H2,27,28,29)/t18-,20-,21-,26-,39?/m0/s1. The highest BCUT2D eigenvalue weighted by molar-refractivity contribution is 7.52. The summed E-state index contributed by atoms with van der Waals surface area (Å²) in [5, 5.41) is 13.8. The van der Waals surface area contributed by atoms with Crippen molar-refractivity contribution >= 4 is 30.7 Å². The molecule has 0 radical (unpaired) electrons. The maximum Gasteiger partial charge on any atom is 0.459 e. The molecule has 12 nitrogen and oxygen atoms in total. The van der Waals surface area contributed by atoms with Gasteiger partial charge in [-0.15, -0.1) is 6.42 Å². The first-order valence-corrected chi connectivity index (χ1v) is 13.8. The highest BCUT2D eigenvalue weighted by atomic mass is 31.2. The van der Waals surface area contributed by atoms with Crippen LogP contribution in [-0.4, -0.2) is 55.5 Å². The van der Waals surface area contributed by atoms with Crippen molar-refractivity contribution in [3.63, 3.8) is 0 Å². The van der Waals surface area contributed by atoms with Gasteiger partial charge in [0, 0.05) is 0 Å². The number of hydrogen-bond acceptors (Lipinski definition) is 10. The van der Waals surface area contributed by atoms with Gasteiger partial charge >= 0.3 is 13.7 Å². The number of terminal acetylenes is 1. The molecule has 0 amide bonds. The van der Waals surface area contributed by atoms with Crippen LogP contribution in [0.25, 0.3) is 11.2 Å². The molecule has 1 aromatic carbocycles. The number of aliphatic hydroxyl groups is 1. The fourth-order valence-corrected chi connectivity index (χ4v) is 5.92. The van der Waals surface area contributed by atoms with Crippen LogP contribution >= 0.6 is 7.75 Å². The van der Waals surface area contributed by atoms with Crippen molar-refractivity contribution in [2.24, 2.45) is 5.41 Å². The van der Waals surface area contributed by atoms with E-state index in [4.69, 9.17) is 25.9 Å². The van der Waals surface area contributed by atoms with E-state index in [1.165, 1.54) is 19.6 Å². The van der Waals surface area contributed by atoms with Crippen LogP contribution in [0.15, 0.2) is 55.1 Å². The molecule has 1 fully saturated rings. The molecule has 1 aliphatic carbocycles. The highest BCUT2D eigenvalue weighted by Crippen LogP contribution is 2.53. The van der Waals surface area contributed by atoms with Gasteiger partial charge in [-0.1, -0.05) is 30.7 Å². The second kappa shape index (κ2) is 11.2. The molecular weight excluding hydrogens is 523 g/mol. The van der Waals surface area contributed by atoms with E-state index in [9.17, 15) is 14.5 Å². The van der Waals surface area contributed by atoms with E-state index in [0.29, 0.717) is 16.7 Å². The third-order valence-electron chi connectivity index (χ3n) is 6.46. The van der Waals surface area contributed by atoms with Gasteiger partial charge in [0.05, 0.1) is 31.2 Å². The summed E-state index contributed by atoms with van der Waals surface area (Å²) in [6, 6.07) is 6.76. The third-order valence-corrected chi connectivity index (χ3v) is 8.08. The number of ether oxygens (including phenoxy) is 1. The number of nitrogens with two attached hydrogens (primary N) is 1. The molecular formula is C26H31N6O6P. The van der Waals surface area contributed by atoms with E-state index in [1.54, 1.807) is 48.7 Å². The van der Waals surface area contributed by atoms with E-state index in [0.717, 1.165) is 0 Å². The summed E-state index contributed by atoms with van der Waals surface area (Å²) in [5.41, 5.74) is 5.75. The molecule has 2 heterocycles. The molecule has 0 spiro atoms. The summed E-state index contributed by atoms with van der Waals surface area (Å²) in [5.74, 6) is 2.41. The van der Waals surface area contributed by atoms with Crippen LogP contribution in [-0.2, 0) is 18.6 Å². The van der Waals surface area contributed by atoms with Gasteiger partial charge in [-0.25, -0.2) is 19.5 Å². The van der Waals surface area contributed by atoms with Gasteiger partial charge in [0.1, 0.15) is 29.1 Å². The predicted molar refractivity (Wildman–Crippen MR) is 144 cm³/mol. The van der Waals surface area contributed by atoms with Crippen molar-refractivity contribution < 1.29 is 28.3 Å². The Hall–Kier alpha value is -3.75. The normalized spacial score (nSPS) is 23.3. The minimum atomic E-state index is -4.24. The minimum Gasteiger partial charge on any atom is -0.462 e. The van der Waals surface area contributed by atoms with Gasteiger partial charge in [0.25, 0.3) is 0 Å². The number of aromatic nitrogens is 4. The van der Waals surface area contributed by atoms with Gasteiger partial charge < -0.3 is 24.7 Å². The van der Waals surface area contributed by atoms with Gasteiger partial charge in [-0.2, -0.15) is 5.09 Å². The average molecular weight is 555 g/mol.